The molecule has 0 aliphatic rings. The SMILES string of the molecule is CCn1nc(C)c(NC(=O)NCc2cc(-c3ccccc3)on2)c1C. The third-order valence-electron chi connectivity index (χ3n) is 3.97. The van der Waals surface area contributed by atoms with Gasteiger partial charge in [-0.1, -0.05) is 35.5 Å². The van der Waals surface area contributed by atoms with Gasteiger partial charge in [-0.25, -0.2) is 4.79 Å². The number of hydrogen-bond donors (Lipinski definition) is 2. The molecule has 0 radical (unpaired) electrons. The number of aryl methyl sites for hydroxylation is 2. The number of carbonyl (C=O) groups excluding carboxylic acids is 1. The van der Waals surface area contributed by atoms with Gasteiger partial charge < -0.3 is 15.2 Å². The lowest BCUT2D eigenvalue weighted by Crippen LogP contribution is -2.28. The second-order valence-electron chi connectivity index (χ2n) is 5.72. The van der Waals surface area contributed by atoms with Crippen LogP contribution in [0.15, 0.2) is 40.9 Å². The van der Waals surface area contributed by atoms with Crippen molar-refractivity contribution in [3.05, 3.63) is 53.5 Å². The van der Waals surface area contributed by atoms with Crippen molar-refractivity contribution in [3.8, 4) is 11.3 Å². The van der Waals surface area contributed by atoms with Crippen LogP contribution in [0.25, 0.3) is 11.3 Å². The smallest absolute Gasteiger partial charge is 0.319 e. The Morgan fingerprint density at radius 2 is 2.00 bits per heavy atom. The van der Waals surface area contributed by atoms with Crippen LogP contribution in [0.5, 0.6) is 0 Å². The van der Waals surface area contributed by atoms with E-state index >= 15 is 0 Å². The van der Waals surface area contributed by atoms with Gasteiger partial charge in [0, 0.05) is 18.2 Å². The van der Waals surface area contributed by atoms with Gasteiger partial charge in [-0.05, 0) is 20.8 Å². The first-order valence-electron chi connectivity index (χ1n) is 8.18. The van der Waals surface area contributed by atoms with E-state index in [9.17, 15) is 4.79 Å². The molecule has 0 bridgehead atoms. The van der Waals surface area contributed by atoms with E-state index in [-0.39, 0.29) is 12.6 Å². The summed E-state index contributed by atoms with van der Waals surface area (Å²) in [6, 6.07) is 11.2. The summed E-state index contributed by atoms with van der Waals surface area (Å²) in [6.45, 7) is 6.86. The molecule has 0 saturated carbocycles. The highest BCUT2D eigenvalue weighted by Crippen LogP contribution is 2.20. The zero-order valence-corrected chi connectivity index (χ0v) is 14.5. The number of aromatic nitrogens is 3. The lowest BCUT2D eigenvalue weighted by Gasteiger charge is -2.07. The molecule has 2 amide bonds. The van der Waals surface area contributed by atoms with Crippen LogP contribution in [0.4, 0.5) is 10.5 Å². The Hall–Kier alpha value is -3.09. The fourth-order valence-electron chi connectivity index (χ4n) is 2.65. The summed E-state index contributed by atoms with van der Waals surface area (Å²) in [5.41, 5.74) is 4.07. The van der Waals surface area contributed by atoms with Crippen LogP contribution in [-0.2, 0) is 13.1 Å². The maximum Gasteiger partial charge on any atom is 0.319 e. The Kier molecular flexibility index (Phi) is 4.83. The summed E-state index contributed by atoms with van der Waals surface area (Å²) in [7, 11) is 0. The van der Waals surface area contributed by atoms with Crippen molar-refractivity contribution in [1.82, 2.24) is 20.3 Å². The molecule has 0 spiro atoms. The standard InChI is InChI=1S/C18H21N5O2/c1-4-23-13(3)17(12(2)21-23)20-18(24)19-11-15-10-16(25-22-15)14-8-6-5-7-9-14/h5-10H,4,11H2,1-3H3,(H2,19,20,24). The molecule has 3 aromatic rings. The maximum absolute atomic E-state index is 12.1. The van der Waals surface area contributed by atoms with Crippen LogP contribution in [0.1, 0.15) is 24.0 Å². The highest BCUT2D eigenvalue weighted by atomic mass is 16.5. The number of benzene rings is 1. The lowest BCUT2D eigenvalue weighted by molar-refractivity contribution is 0.251. The molecule has 0 saturated heterocycles. The number of nitrogens with zero attached hydrogens (tertiary/aromatic N) is 3. The molecular formula is C18H21N5O2. The molecule has 2 heterocycles. The van der Waals surface area contributed by atoms with Gasteiger partial charge in [0.25, 0.3) is 0 Å². The summed E-state index contributed by atoms with van der Waals surface area (Å²) in [6.07, 6.45) is 0. The fourth-order valence-corrected chi connectivity index (χ4v) is 2.65. The van der Waals surface area contributed by atoms with Crippen LogP contribution in [-0.4, -0.2) is 21.0 Å². The van der Waals surface area contributed by atoms with Gasteiger partial charge in [0.1, 0.15) is 5.69 Å². The summed E-state index contributed by atoms with van der Waals surface area (Å²) in [5, 5.41) is 14.0. The largest absolute Gasteiger partial charge is 0.356 e. The molecular weight excluding hydrogens is 318 g/mol. The van der Waals surface area contributed by atoms with Crippen molar-refractivity contribution < 1.29 is 9.32 Å². The summed E-state index contributed by atoms with van der Waals surface area (Å²) in [4.78, 5) is 12.1. The first kappa shape index (κ1) is 16.8. The number of amides is 2. The van der Waals surface area contributed by atoms with Crippen LogP contribution >= 0.6 is 0 Å². The predicted molar refractivity (Wildman–Crippen MR) is 95.2 cm³/mol. The summed E-state index contributed by atoms with van der Waals surface area (Å²) < 4.78 is 7.18. The van der Waals surface area contributed by atoms with E-state index in [4.69, 9.17) is 4.52 Å². The average Bonchev–Trinajstić information content (AvgIpc) is 3.21. The minimum atomic E-state index is -0.300. The van der Waals surface area contributed by atoms with Gasteiger partial charge in [0.2, 0.25) is 0 Å². The molecule has 25 heavy (non-hydrogen) atoms. The van der Waals surface area contributed by atoms with Crippen molar-refractivity contribution in [2.45, 2.75) is 33.9 Å². The van der Waals surface area contributed by atoms with Gasteiger partial charge in [-0.3, -0.25) is 4.68 Å². The molecule has 2 N–H and O–H groups in total. The van der Waals surface area contributed by atoms with Crippen LogP contribution in [0.3, 0.4) is 0 Å². The van der Waals surface area contributed by atoms with E-state index in [1.165, 1.54) is 0 Å². The number of nitrogens with one attached hydrogen (secondary N) is 2. The molecule has 3 rings (SSSR count). The fraction of sp³-hybridized carbons (Fsp3) is 0.278. The predicted octanol–water partition coefficient (Wildman–Crippen LogP) is 3.50. The molecule has 1 aromatic carbocycles. The minimum absolute atomic E-state index is 0.280. The maximum atomic E-state index is 12.1. The molecule has 7 nitrogen and oxygen atoms in total. The Morgan fingerprint density at radius 3 is 2.68 bits per heavy atom. The number of anilines is 1. The Bertz CT molecular complexity index is 867. The Labute approximate surface area is 146 Å². The van der Waals surface area contributed by atoms with Gasteiger partial charge in [-0.2, -0.15) is 5.10 Å². The van der Waals surface area contributed by atoms with Crippen molar-refractivity contribution in [1.29, 1.82) is 0 Å². The molecule has 0 aliphatic carbocycles. The van der Waals surface area contributed by atoms with Crippen molar-refractivity contribution in [3.63, 3.8) is 0 Å². The zero-order chi connectivity index (χ0) is 17.8. The molecule has 130 valence electrons. The van der Waals surface area contributed by atoms with Gasteiger partial charge in [-0.15, -0.1) is 0 Å². The van der Waals surface area contributed by atoms with E-state index < -0.39 is 0 Å². The Balaban J connectivity index is 1.60. The van der Waals surface area contributed by atoms with Gasteiger partial charge in [0.05, 0.1) is 23.6 Å². The summed E-state index contributed by atoms with van der Waals surface area (Å²) in [5.74, 6) is 0.675. The number of hydrogen-bond acceptors (Lipinski definition) is 4. The van der Waals surface area contributed by atoms with Crippen molar-refractivity contribution >= 4 is 11.7 Å². The highest BCUT2D eigenvalue weighted by Gasteiger charge is 2.14. The van der Waals surface area contributed by atoms with E-state index in [1.54, 1.807) is 0 Å². The first-order valence-corrected chi connectivity index (χ1v) is 8.18. The van der Waals surface area contributed by atoms with Crippen molar-refractivity contribution in [2.75, 3.05) is 5.32 Å². The molecule has 7 heteroatoms. The lowest BCUT2D eigenvalue weighted by atomic mass is 10.2. The highest BCUT2D eigenvalue weighted by molar-refractivity contribution is 5.90. The van der Waals surface area contributed by atoms with E-state index in [0.29, 0.717) is 11.5 Å². The van der Waals surface area contributed by atoms with Gasteiger partial charge >= 0.3 is 6.03 Å². The quantitative estimate of drug-likeness (QED) is 0.745. The summed E-state index contributed by atoms with van der Waals surface area (Å²) >= 11 is 0. The van der Waals surface area contributed by atoms with Gasteiger partial charge in [0.15, 0.2) is 5.76 Å². The number of carbonyl (C=O) groups is 1. The third-order valence-corrected chi connectivity index (χ3v) is 3.97. The molecule has 0 atom stereocenters. The third kappa shape index (κ3) is 3.71. The Morgan fingerprint density at radius 1 is 1.24 bits per heavy atom. The topological polar surface area (TPSA) is 85.0 Å². The monoisotopic (exact) mass is 339 g/mol. The molecule has 0 aliphatic heterocycles. The van der Waals surface area contributed by atoms with Crippen LogP contribution in [0, 0.1) is 13.8 Å². The van der Waals surface area contributed by atoms with Crippen molar-refractivity contribution in [2.24, 2.45) is 0 Å². The van der Waals surface area contributed by atoms with E-state index in [2.05, 4.69) is 20.9 Å². The normalized spacial score (nSPS) is 10.7. The molecule has 0 unspecified atom stereocenters. The second-order valence-corrected chi connectivity index (χ2v) is 5.72. The van der Waals surface area contributed by atoms with E-state index in [1.807, 2.05) is 61.9 Å². The van der Waals surface area contributed by atoms with E-state index in [0.717, 1.165) is 29.2 Å². The second kappa shape index (κ2) is 7.21. The average molecular weight is 339 g/mol. The minimum Gasteiger partial charge on any atom is -0.356 e. The molecule has 0 fully saturated rings. The first-order chi connectivity index (χ1) is 12.1. The van der Waals surface area contributed by atoms with Crippen LogP contribution < -0.4 is 10.6 Å². The number of rotatable bonds is 5. The van der Waals surface area contributed by atoms with Crippen LogP contribution in [0.2, 0.25) is 0 Å². The molecule has 2 aromatic heterocycles. The number of urea groups is 1. The zero-order valence-electron chi connectivity index (χ0n) is 14.5.